The van der Waals surface area contributed by atoms with Gasteiger partial charge in [-0.15, -0.1) is 11.3 Å². The highest BCUT2D eigenvalue weighted by molar-refractivity contribution is 7.80. The Kier molecular flexibility index (Phi) is 3.94. The molecule has 2 aromatic rings. The van der Waals surface area contributed by atoms with Crippen LogP contribution in [0.3, 0.4) is 0 Å². The van der Waals surface area contributed by atoms with E-state index >= 15 is 0 Å². The minimum Gasteiger partial charge on any atom is -0.388 e. The Morgan fingerprint density at radius 2 is 2.24 bits per heavy atom. The lowest BCUT2D eigenvalue weighted by molar-refractivity contribution is 0.963. The van der Waals surface area contributed by atoms with E-state index in [4.69, 9.17) is 18.0 Å². The van der Waals surface area contributed by atoms with Crippen molar-refractivity contribution in [2.24, 2.45) is 5.73 Å². The second-order valence-corrected chi connectivity index (χ2v) is 4.47. The minimum atomic E-state index is 0.256. The average molecular weight is 265 g/mol. The van der Waals surface area contributed by atoms with Crippen molar-refractivity contribution in [2.45, 2.75) is 6.42 Å². The molecule has 0 aromatic carbocycles. The molecule has 0 atom stereocenters. The third-order valence-electron chi connectivity index (χ3n) is 2.08. The average Bonchev–Trinajstić information content (AvgIpc) is 2.83. The Morgan fingerprint density at radius 1 is 1.35 bits per heavy atom. The third kappa shape index (κ3) is 3.43. The minimum absolute atomic E-state index is 0.256. The summed E-state index contributed by atoms with van der Waals surface area (Å²) in [5, 5.41) is 5.19. The first-order valence-corrected chi connectivity index (χ1v) is 6.33. The predicted octanol–water partition coefficient (Wildman–Crippen LogP) is 1.22. The number of aromatic nitrogens is 3. The van der Waals surface area contributed by atoms with Crippen molar-refractivity contribution < 1.29 is 0 Å². The molecule has 5 nitrogen and oxygen atoms in total. The molecular weight excluding hydrogens is 254 g/mol. The van der Waals surface area contributed by atoms with Gasteiger partial charge in [0.25, 0.3) is 0 Å². The van der Waals surface area contributed by atoms with Crippen LogP contribution in [0.4, 0.5) is 5.82 Å². The standard InChI is InChI=1S/C10H11N5S2/c11-10(16)8-3-14-9(4-13-8)12-2-1-7-5-17-6-15-7/h3-6H,1-2H2,(H2,11,16)(H,12,14). The number of thiocarbonyl (C=S) groups is 1. The Balaban J connectivity index is 1.85. The van der Waals surface area contributed by atoms with Crippen LogP contribution >= 0.6 is 23.6 Å². The summed E-state index contributed by atoms with van der Waals surface area (Å²) in [6, 6.07) is 0. The molecule has 0 bridgehead atoms. The fourth-order valence-electron chi connectivity index (χ4n) is 1.23. The first-order valence-electron chi connectivity index (χ1n) is 4.98. The van der Waals surface area contributed by atoms with Crippen molar-refractivity contribution in [3.05, 3.63) is 34.7 Å². The molecular formula is C10H11N5S2. The van der Waals surface area contributed by atoms with Gasteiger partial charge in [-0.2, -0.15) is 0 Å². The summed E-state index contributed by atoms with van der Waals surface area (Å²) in [7, 11) is 0. The summed E-state index contributed by atoms with van der Waals surface area (Å²) in [5.41, 5.74) is 8.87. The van der Waals surface area contributed by atoms with Crippen LogP contribution in [0.25, 0.3) is 0 Å². The van der Waals surface area contributed by atoms with E-state index in [0.717, 1.165) is 18.7 Å². The Labute approximate surface area is 108 Å². The first kappa shape index (κ1) is 11.9. The van der Waals surface area contributed by atoms with Crippen molar-refractivity contribution in [3.8, 4) is 0 Å². The molecule has 0 saturated heterocycles. The lowest BCUT2D eigenvalue weighted by Crippen LogP contribution is -2.13. The molecule has 2 aromatic heterocycles. The quantitative estimate of drug-likeness (QED) is 0.792. The molecule has 88 valence electrons. The van der Waals surface area contributed by atoms with Crippen LogP contribution in [-0.2, 0) is 6.42 Å². The van der Waals surface area contributed by atoms with E-state index in [0.29, 0.717) is 11.5 Å². The molecule has 0 saturated carbocycles. The molecule has 7 heteroatoms. The van der Waals surface area contributed by atoms with Crippen LogP contribution in [0.5, 0.6) is 0 Å². The molecule has 0 radical (unpaired) electrons. The van der Waals surface area contributed by atoms with Gasteiger partial charge in [0.2, 0.25) is 0 Å². The highest BCUT2D eigenvalue weighted by Gasteiger charge is 2.00. The van der Waals surface area contributed by atoms with Gasteiger partial charge in [0.15, 0.2) is 0 Å². The predicted molar refractivity (Wildman–Crippen MR) is 72.2 cm³/mol. The highest BCUT2D eigenvalue weighted by atomic mass is 32.1. The van der Waals surface area contributed by atoms with E-state index in [1.54, 1.807) is 23.7 Å². The smallest absolute Gasteiger partial charge is 0.144 e. The van der Waals surface area contributed by atoms with Crippen molar-refractivity contribution in [1.82, 2.24) is 15.0 Å². The molecule has 0 aliphatic rings. The van der Waals surface area contributed by atoms with Gasteiger partial charge in [-0.3, -0.25) is 0 Å². The summed E-state index contributed by atoms with van der Waals surface area (Å²) < 4.78 is 0. The topological polar surface area (TPSA) is 76.7 Å². The number of thiazole rings is 1. The molecule has 0 aliphatic carbocycles. The Hall–Kier alpha value is -1.60. The third-order valence-corrected chi connectivity index (χ3v) is 2.92. The van der Waals surface area contributed by atoms with E-state index in [-0.39, 0.29) is 4.99 Å². The van der Waals surface area contributed by atoms with Gasteiger partial charge in [-0.1, -0.05) is 12.2 Å². The van der Waals surface area contributed by atoms with Crippen LogP contribution in [0.15, 0.2) is 23.3 Å². The fourth-order valence-corrected chi connectivity index (χ4v) is 1.92. The lowest BCUT2D eigenvalue weighted by atomic mass is 10.3. The first-order chi connectivity index (χ1) is 8.25. The number of nitrogens with two attached hydrogens (primary N) is 1. The molecule has 0 aliphatic heterocycles. The number of anilines is 1. The summed E-state index contributed by atoms with van der Waals surface area (Å²) >= 11 is 6.39. The van der Waals surface area contributed by atoms with E-state index in [1.165, 1.54) is 0 Å². The van der Waals surface area contributed by atoms with Crippen LogP contribution in [-0.4, -0.2) is 26.5 Å². The van der Waals surface area contributed by atoms with Gasteiger partial charge in [0.1, 0.15) is 16.5 Å². The summed E-state index contributed by atoms with van der Waals surface area (Å²) in [6.45, 7) is 0.769. The van der Waals surface area contributed by atoms with E-state index in [9.17, 15) is 0 Å². The van der Waals surface area contributed by atoms with Crippen molar-refractivity contribution in [2.75, 3.05) is 11.9 Å². The van der Waals surface area contributed by atoms with E-state index < -0.39 is 0 Å². The van der Waals surface area contributed by atoms with Crippen LogP contribution in [0, 0.1) is 0 Å². The maximum absolute atomic E-state index is 5.43. The monoisotopic (exact) mass is 265 g/mol. The van der Waals surface area contributed by atoms with Crippen LogP contribution < -0.4 is 11.1 Å². The SMILES string of the molecule is NC(=S)c1cnc(NCCc2cscn2)cn1. The largest absolute Gasteiger partial charge is 0.388 e. The van der Waals surface area contributed by atoms with Crippen molar-refractivity contribution in [3.63, 3.8) is 0 Å². The fraction of sp³-hybridized carbons (Fsp3) is 0.200. The van der Waals surface area contributed by atoms with E-state index in [2.05, 4.69) is 20.3 Å². The second kappa shape index (κ2) is 5.65. The Bertz CT molecular complexity index is 480. The van der Waals surface area contributed by atoms with Crippen LogP contribution in [0.1, 0.15) is 11.4 Å². The number of nitrogens with one attached hydrogen (secondary N) is 1. The normalized spacial score (nSPS) is 10.1. The maximum Gasteiger partial charge on any atom is 0.144 e. The molecule has 2 rings (SSSR count). The summed E-state index contributed by atoms with van der Waals surface area (Å²) in [6.07, 6.45) is 4.05. The molecule has 17 heavy (non-hydrogen) atoms. The highest BCUT2D eigenvalue weighted by Crippen LogP contribution is 2.04. The van der Waals surface area contributed by atoms with Gasteiger partial charge in [-0.25, -0.2) is 15.0 Å². The van der Waals surface area contributed by atoms with Gasteiger partial charge in [0.05, 0.1) is 23.6 Å². The number of nitrogens with zero attached hydrogens (tertiary/aromatic N) is 3. The van der Waals surface area contributed by atoms with Crippen molar-refractivity contribution >= 4 is 34.4 Å². The zero-order valence-electron chi connectivity index (χ0n) is 8.96. The molecule has 0 unspecified atom stereocenters. The second-order valence-electron chi connectivity index (χ2n) is 3.31. The molecule has 2 heterocycles. The molecule has 0 amide bonds. The molecule has 0 fully saturated rings. The number of hydrogen-bond donors (Lipinski definition) is 2. The van der Waals surface area contributed by atoms with Gasteiger partial charge in [-0.05, 0) is 0 Å². The Morgan fingerprint density at radius 3 is 2.82 bits per heavy atom. The lowest BCUT2D eigenvalue weighted by Gasteiger charge is -2.04. The van der Waals surface area contributed by atoms with Gasteiger partial charge < -0.3 is 11.1 Å². The number of rotatable bonds is 5. The zero-order chi connectivity index (χ0) is 12.1. The van der Waals surface area contributed by atoms with Crippen LogP contribution in [0.2, 0.25) is 0 Å². The summed E-state index contributed by atoms with van der Waals surface area (Å²) in [5.74, 6) is 0.709. The zero-order valence-corrected chi connectivity index (χ0v) is 10.6. The number of hydrogen-bond acceptors (Lipinski definition) is 6. The van der Waals surface area contributed by atoms with E-state index in [1.807, 2.05) is 10.9 Å². The molecule has 0 spiro atoms. The van der Waals surface area contributed by atoms with Crippen molar-refractivity contribution in [1.29, 1.82) is 0 Å². The summed E-state index contributed by atoms with van der Waals surface area (Å²) in [4.78, 5) is 12.7. The molecule has 3 N–H and O–H groups in total. The van der Waals surface area contributed by atoms with Gasteiger partial charge in [0, 0.05) is 18.3 Å². The maximum atomic E-state index is 5.43. The van der Waals surface area contributed by atoms with Gasteiger partial charge >= 0.3 is 0 Å².